The van der Waals surface area contributed by atoms with Crippen molar-refractivity contribution in [3.63, 3.8) is 0 Å². The van der Waals surface area contributed by atoms with Crippen LogP contribution in [0.15, 0.2) is 60.7 Å². The van der Waals surface area contributed by atoms with Gasteiger partial charge >= 0.3 is 6.09 Å². The summed E-state index contributed by atoms with van der Waals surface area (Å²) in [5.41, 5.74) is 1.57. The van der Waals surface area contributed by atoms with Gasteiger partial charge in [0.25, 0.3) is 0 Å². The summed E-state index contributed by atoms with van der Waals surface area (Å²) in [5.74, 6) is -0.139. The second kappa shape index (κ2) is 9.23. The number of carbonyl (C=O) groups is 2. The molecule has 0 aliphatic carbocycles. The van der Waals surface area contributed by atoms with E-state index < -0.39 is 11.5 Å². The highest BCUT2D eigenvalue weighted by molar-refractivity contribution is 6.33. The average Bonchev–Trinajstić information content (AvgIpc) is 2.68. The van der Waals surface area contributed by atoms with Gasteiger partial charge in [0.05, 0.1) is 18.5 Å². The summed E-state index contributed by atoms with van der Waals surface area (Å²) in [5, 5.41) is -0.697. The number of ketones is 1. The van der Waals surface area contributed by atoms with Crippen LogP contribution < -0.4 is 0 Å². The number of Topliss-reactive ketones (excluding diaryl/α,β-unsaturated/α-hetero) is 1. The fraction of sp³-hybridized carbons (Fsp3) is 0.300. The number of halogens is 1. The van der Waals surface area contributed by atoms with Gasteiger partial charge in [0.1, 0.15) is 0 Å². The molecule has 0 spiro atoms. The van der Waals surface area contributed by atoms with Crippen LogP contribution in [0.25, 0.3) is 0 Å². The largest absolute Gasteiger partial charge is 0.453 e. The number of alkyl halides is 1. The van der Waals surface area contributed by atoms with Crippen LogP contribution in [0, 0.1) is 0 Å². The van der Waals surface area contributed by atoms with Gasteiger partial charge < -0.3 is 9.64 Å². The highest BCUT2D eigenvalue weighted by Gasteiger charge is 2.25. The third-order valence-electron chi connectivity index (χ3n) is 4.12. The first-order valence-corrected chi connectivity index (χ1v) is 8.61. The van der Waals surface area contributed by atoms with Crippen LogP contribution in [-0.2, 0) is 4.74 Å². The summed E-state index contributed by atoms with van der Waals surface area (Å²) in [7, 11) is 1.35. The van der Waals surface area contributed by atoms with Crippen LogP contribution in [0.4, 0.5) is 4.79 Å². The van der Waals surface area contributed by atoms with Crippen LogP contribution in [0.1, 0.15) is 35.3 Å². The molecular formula is C20H22ClNO3. The Morgan fingerprint density at radius 1 is 1.04 bits per heavy atom. The van der Waals surface area contributed by atoms with Crippen molar-refractivity contribution in [3.05, 3.63) is 71.8 Å². The zero-order valence-electron chi connectivity index (χ0n) is 14.4. The predicted octanol–water partition coefficient (Wildman–Crippen LogP) is 4.70. The molecule has 5 heteroatoms. The van der Waals surface area contributed by atoms with E-state index in [1.165, 1.54) is 7.11 Å². The molecule has 0 fully saturated rings. The lowest BCUT2D eigenvalue weighted by Crippen LogP contribution is -2.36. The monoisotopic (exact) mass is 359 g/mol. The quantitative estimate of drug-likeness (QED) is 0.532. The lowest BCUT2D eigenvalue weighted by molar-refractivity contribution is 0.0947. The van der Waals surface area contributed by atoms with E-state index in [4.69, 9.17) is 16.3 Å². The molecule has 1 amide bonds. The van der Waals surface area contributed by atoms with Gasteiger partial charge in [0, 0.05) is 12.1 Å². The van der Waals surface area contributed by atoms with E-state index in [0.717, 1.165) is 5.56 Å². The highest BCUT2D eigenvalue weighted by atomic mass is 35.5. The maximum atomic E-state index is 12.4. The minimum absolute atomic E-state index is 0.139. The molecule has 0 N–H and O–H groups in total. The summed E-state index contributed by atoms with van der Waals surface area (Å²) < 4.78 is 4.89. The zero-order valence-corrected chi connectivity index (χ0v) is 15.1. The van der Waals surface area contributed by atoms with Crippen LogP contribution in [0.5, 0.6) is 0 Å². The van der Waals surface area contributed by atoms with E-state index >= 15 is 0 Å². The third-order valence-corrected chi connectivity index (χ3v) is 4.54. The molecule has 0 heterocycles. The van der Waals surface area contributed by atoms with Crippen molar-refractivity contribution < 1.29 is 14.3 Å². The van der Waals surface area contributed by atoms with Gasteiger partial charge in [-0.05, 0) is 18.9 Å². The first-order chi connectivity index (χ1) is 12.0. The molecule has 2 aromatic rings. The van der Waals surface area contributed by atoms with Crippen molar-refractivity contribution in [3.8, 4) is 0 Å². The van der Waals surface area contributed by atoms with Gasteiger partial charge in [-0.3, -0.25) is 4.79 Å². The fourth-order valence-corrected chi connectivity index (χ4v) is 2.86. The molecule has 0 aromatic heterocycles. The summed E-state index contributed by atoms with van der Waals surface area (Å²) in [6, 6.07) is 18.4. The number of amides is 1. The summed E-state index contributed by atoms with van der Waals surface area (Å²) in [4.78, 5) is 26.1. The Balaban J connectivity index is 2.05. The minimum Gasteiger partial charge on any atom is -0.453 e. The normalized spacial score (nSPS) is 12.9. The number of hydrogen-bond acceptors (Lipinski definition) is 3. The fourth-order valence-electron chi connectivity index (χ4n) is 2.64. The number of benzene rings is 2. The number of methoxy groups -OCH3 is 1. The first-order valence-electron chi connectivity index (χ1n) is 8.17. The van der Waals surface area contributed by atoms with Crippen molar-refractivity contribution in [2.24, 2.45) is 0 Å². The summed E-state index contributed by atoms with van der Waals surface area (Å²) in [6.07, 6.45) is -0.0888. The maximum Gasteiger partial charge on any atom is 0.409 e. The molecule has 4 nitrogen and oxygen atoms in total. The van der Waals surface area contributed by atoms with Crippen molar-refractivity contribution >= 4 is 23.5 Å². The van der Waals surface area contributed by atoms with E-state index in [0.29, 0.717) is 18.5 Å². The van der Waals surface area contributed by atoms with E-state index in [1.807, 2.05) is 43.3 Å². The van der Waals surface area contributed by atoms with Gasteiger partial charge in [0.15, 0.2) is 5.78 Å². The number of ether oxygens (including phenoxy) is 1. The summed E-state index contributed by atoms with van der Waals surface area (Å²) >= 11 is 6.28. The van der Waals surface area contributed by atoms with Gasteiger partial charge in [-0.15, -0.1) is 11.6 Å². The van der Waals surface area contributed by atoms with Crippen molar-refractivity contribution in [1.82, 2.24) is 4.90 Å². The molecule has 0 radical (unpaired) electrons. The number of carbonyl (C=O) groups excluding carboxylic acids is 2. The number of hydrogen-bond donors (Lipinski definition) is 0. The smallest absolute Gasteiger partial charge is 0.409 e. The van der Waals surface area contributed by atoms with E-state index in [1.54, 1.807) is 29.2 Å². The van der Waals surface area contributed by atoms with Gasteiger partial charge in [-0.1, -0.05) is 60.7 Å². The van der Waals surface area contributed by atoms with Gasteiger partial charge in [-0.25, -0.2) is 4.79 Å². The Bertz CT molecular complexity index is 691. The second-order valence-corrected chi connectivity index (χ2v) is 6.26. The molecule has 0 aliphatic rings. The van der Waals surface area contributed by atoms with Crippen LogP contribution in [0.3, 0.4) is 0 Å². The SMILES string of the molecule is COC(=O)N(CC[C@@H](Cl)C(=O)c1ccccc1)[C@H](C)c1ccccc1. The standard InChI is InChI=1S/C20H22ClNO3/c1-15(16-9-5-3-6-10-16)22(20(24)25-2)14-13-18(21)19(23)17-11-7-4-8-12-17/h3-12,15,18H,13-14H2,1-2H3/t15-,18-/m1/s1. The molecule has 0 saturated heterocycles. The van der Waals surface area contributed by atoms with E-state index in [9.17, 15) is 9.59 Å². The lowest BCUT2D eigenvalue weighted by Gasteiger charge is -2.28. The number of nitrogens with zero attached hydrogens (tertiary/aromatic N) is 1. The Hall–Kier alpha value is -2.33. The molecule has 2 rings (SSSR count). The predicted molar refractivity (Wildman–Crippen MR) is 99.0 cm³/mol. The zero-order chi connectivity index (χ0) is 18.2. The lowest BCUT2D eigenvalue weighted by atomic mass is 10.0. The molecule has 0 aliphatic heterocycles. The Morgan fingerprint density at radius 3 is 2.16 bits per heavy atom. The molecular weight excluding hydrogens is 338 g/mol. The minimum atomic E-state index is -0.697. The van der Waals surface area contributed by atoms with Crippen molar-refractivity contribution in [1.29, 1.82) is 0 Å². The molecule has 0 bridgehead atoms. The van der Waals surface area contributed by atoms with Crippen LogP contribution >= 0.6 is 11.6 Å². The second-order valence-electron chi connectivity index (χ2n) is 5.74. The Kier molecular flexibility index (Phi) is 7.02. The van der Waals surface area contributed by atoms with Crippen LogP contribution in [-0.4, -0.2) is 35.8 Å². The average molecular weight is 360 g/mol. The Morgan fingerprint density at radius 2 is 1.60 bits per heavy atom. The molecule has 0 unspecified atom stereocenters. The molecule has 0 saturated carbocycles. The highest BCUT2D eigenvalue weighted by Crippen LogP contribution is 2.22. The number of rotatable bonds is 7. The van der Waals surface area contributed by atoms with Gasteiger partial charge in [-0.2, -0.15) is 0 Å². The van der Waals surface area contributed by atoms with E-state index in [-0.39, 0.29) is 11.8 Å². The molecule has 25 heavy (non-hydrogen) atoms. The summed E-state index contributed by atoms with van der Waals surface area (Å²) in [6.45, 7) is 2.25. The molecule has 2 atom stereocenters. The third kappa shape index (κ3) is 5.07. The Labute approximate surface area is 153 Å². The molecule has 2 aromatic carbocycles. The van der Waals surface area contributed by atoms with Crippen LogP contribution in [0.2, 0.25) is 0 Å². The molecule has 132 valence electrons. The van der Waals surface area contributed by atoms with Crippen molar-refractivity contribution in [2.45, 2.75) is 24.8 Å². The first kappa shape index (κ1) is 19.0. The van der Waals surface area contributed by atoms with E-state index in [2.05, 4.69) is 0 Å². The topological polar surface area (TPSA) is 46.6 Å². The van der Waals surface area contributed by atoms with Gasteiger partial charge in [0.2, 0.25) is 0 Å². The maximum absolute atomic E-state index is 12.4. The van der Waals surface area contributed by atoms with Crippen molar-refractivity contribution in [2.75, 3.05) is 13.7 Å².